The van der Waals surface area contributed by atoms with Gasteiger partial charge in [-0.05, 0) is 31.0 Å². The van der Waals surface area contributed by atoms with E-state index in [4.69, 9.17) is 9.26 Å². The molecular formula is C20H24N6O3. The van der Waals surface area contributed by atoms with E-state index in [2.05, 4.69) is 20.5 Å². The van der Waals surface area contributed by atoms with Crippen molar-refractivity contribution in [3.05, 3.63) is 41.9 Å². The van der Waals surface area contributed by atoms with Crippen molar-refractivity contribution in [1.29, 1.82) is 0 Å². The van der Waals surface area contributed by atoms with Crippen molar-refractivity contribution in [2.24, 2.45) is 0 Å². The van der Waals surface area contributed by atoms with Crippen LogP contribution in [0.1, 0.15) is 43.6 Å². The normalized spacial score (nSPS) is 16.6. The summed E-state index contributed by atoms with van der Waals surface area (Å²) in [6.45, 7) is 7.24. The Balaban J connectivity index is 1.34. The lowest BCUT2D eigenvalue weighted by atomic mass is 10.2. The molecule has 9 nitrogen and oxygen atoms in total. The predicted octanol–water partition coefficient (Wildman–Crippen LogP) is 2.61. The van der Waals surface area contributed by atoms with Crippen LogP contribution in [0.5, 0.6) is 5.75 Å². The summed E-state index contributed by atoms with van der Waals surface area (Å²) in [6.07, 6.45) is 2.60. The summed E-state index contributed by atoms with van der Waals surface area (Å²) in [6, 6.07) is 7.73. The molecule has 1 aliphatic heterocycles. The lowest BCUT2D eigenvalue weighted by Gasteiger charge is -2.17. The van der Waals surface area contributed by atoms with Gasteiger partial charge in [-0.15, -0.1) is 5.10 Å². The standard InChI is InChI=1S/C20H24N6O3/c1-13(2)19-21-20(29-23-19)17-11-26(24-22-17)15-7-8-25(10-15)18(27)12-28-16-6-4-5-14(3)9-16/h4-6,9,11,13,15H,7-8,10,12H2,1-3H3. The molecule has 1 aliphatic rings. The average molecular weight is 396 g/mol. The minimum Gasteiger partial charge on any atom is -0.484 e. The third-order valence-electron chi connectivity index (χ3n) is 4.93. The number of carbonyl (C=O) groups is 1. The summed E-state index contributed by atoms with van der Waals surface area (Å²) >= 11 is 0. The molecule has 1 amide bonds. The van der Waals surface area contributed by atoms with E-state index < -0.39 is 0 Å². The van der Waals surface area contributed by atoms with Crippen LogP contribution in [0.15, 0.2) is 35.0 Å². The molecule has 1 atom stereocenters. The Labute approximate surface area is 168 Å². The number of amides is 1. The molecule has 1 fully saturated rings. The second-order valence-electron chi connectivity index (χ2n) is 7.58. The van der Waals surface area contributed by atoms with Crippen LogP contribution < -0.4 is 4.74 Å². The van der Waals surface area contributed by atoms with Crippen molar-refractivity contribution in [1.82, 2.24) is 30.0 Å². The van der Waals surface area contributed by atoms with E-state index in [0.29, 0.717) is 36.2 Å². The maximum absolute atomic E-state index is 12.5. The van der Waals surface area contributed by atoms with E-state index >= 15 is 0 Å². The second-order valence-corrected chi connectivity index (χ2v) is 7.58. The van der Waals surface area contributed by atoms with Gasteiger partial charge in [-0.25, -0.2) is 4.68 Å². The van der Waals surface area contributed by atoms with Gasteiger partial charge >= 0.3 is 0 Å². The number of hydrogen-bond donors (Lipinski definition) is 0. The van der Waals surface area contributed by atoms with Crippen LogP contribution in [0.2, 0.25) is 0 Å². The van der Waals surface area contributed by atoms with Gasteiger partial charge in [0, 0.05) is 19.0 Å². The van der Waals surface area contributed by atoms with Crippen molar-refractivity contribution in [2.75, 3.05) is 19.7 Å². The molecule has 0 N–H and O–H groups in total. The zero-order valence-corrected chi connectivity index (χ0v) is 16.8. The van der Waals surface area contributed by atoms with Crippen LogP contribution in [-0.2, 0) is 4.79 Å². The fraction of sp³-hybridized carbons (Fsp3) is 0.450. The predicted molar refractivity (Wildman–Crippen MR) is 104 cm³/mol. The van der Waals surface area contributed by atoms with Crippen molar-refractivity contribution in [2.45, 2.75) is 39.2 Å². The summed E-state index contributed by atoms with van der Waals surface area (Å²) < 4.78 is 12.7. The highest BCUT2D eigenvalue weighted by Crippen LogP contribution is 2.24. The zero-order chi connectivity index (χ0) is 20.4. The largest absolute Gasteiger partial charge is 0.484 e. The minimum absolute atomic E-state index is 0.0265. The number of rotatable bonds is 6. The lowest BCUT2D eigenvalue weighted by molar-refractivity contribution is -0.132. The molecule has 152 valence electrons. The molecule has 0 radical (unpaired) electrons. The highest BCUT2D eigenvalue weighted by atomic mass is 16.5. The van der Waals surface area contributed by atoms with E-state index in [9.17, 15) is 4.79 Å². The van der Waals surface area contributed by atoms with Crippen LogP contribution >= 0.6 is 0 Å². The minimum atomic E-state index is -0.0344. The molecular weight excluding hydrogens is 372 g/mol. The highest BCUT2D eigenvalue weighted by molar-refractivity contribution is 5.78. The average Bonchev–Trinajstić information content (AvgIpc) is 3.45. The molecule has 3 aromatic rings. The van der Waals surface area contributed by atoms with Gasteiger partial charge < -0.3 is 14.2 Å². The summed E-state index contributed by atoms with van der Waals surface area (Å²) in [7, 11) is 0. The van der Waals surface area contributed by atoms with Crippen molar-refractivity contribution in [3.63, 3.8) is 0 Å². The monoisotopic (exact) mass is 396 g/mol. The van der Waals surface area contributed by atoms with Crippen LogP contribution in [0.25, 0.3) is 11.6 Å². The third kappa shape index (κ3) is 4.28. The molecule has 9 heteroatoms. The van der Waals surface area contributed by atoms with Gasteiger partial charge in [0.2, 0.25) is 0 Å². The first-order chi connectivity index (χ1) is 14.0. The van der Waals surface area contributed by atoms with Crippen molar-refractivity contribution >= 4 is 5.91 Å². The maximum atomic E-state index is 12.5. The molecule has 4 rings (SSSR count). The first kappa shape index (κ1) is 19.1. The van der Waals surface area contributed by atoms with Crippen molar-refractivity contribution in [3.8, 4) is 17.3 Å². The number of aryl methyl sites for hydroxylation is 1. The quantitative estimate of drug-likeness (QED) is 0.631. The van der Waals surface area contributed by atoms with Crippen LogP contribution in [0, 0.1) is 6.92 Å². The van der Waals surface area contributed by atoms with E-state index in [1.807, 2.05) is 45.0 Å². The van der Waals surface area contributed by atoms with E-state index in [-0.39, 0.29) is 24.5 Å². The fourth-order valence-corrected chi connectivity index (χ4v) is 3.25. The summed E-state index contributed by atoms with van der Waals surface area (Å²) in [5, 5.41) is 12.3. The van der Waals surface area contributed by atoms with Gasteiger partial charge in [0.1, 0.15) is 5.75 Å². The molecule has 29 heavy (non-hydrogen) atoms. The van der Waals surface area contributed by atoms with Gasteiger partial charge in [0.25, 0.3) is 11.8 Å². The van der Waals surface area contributed by atoms with Gasteiger partial charge in [-0.2, -0.15) is 4.98 Å². The topological polar surface area (TPSA) is 99.2 Å². The third-order valence-corrected chi connectivity index (χ3v) is 4.93. The molecule has 1 saturated heterocycles. The Morgan fingerprint density at radius 2 is 2.24 bits per heavy atom. The molecule has 0 spiro atoms. The maximum Gasteiger partial charge on any atom is 0.280 e. The molecule has 0 bridgehead atoms. The Kier molecular flexibility index (Phi) is 5.28. The number of carbonyl (C=O) groups excluding carboxylic acids is 1. The lowest BCUT2D eigenvalue weighted by Crippen LogP contribution is -2.33. The molecule has 1 unspecified atom stereocenters. The summed E-state index contributed by atoms with van der Waals surface area (Å²) in [5.41, 5.74) is 1.64. The first-order valence-corrected chi connectivity index (χ1v) is 9.72. The Morgan fingerprint density at radius 3 is 3.00 bits per heavy atom. The Bertz CT molecular complexity index is 996. The number of hydrogen-bond acceptors (Lipinski definition) is 7. The van der Waals surface area contributed by atoms with Crippen LogP contribution in [0.4, 0.5) is 0 Å². The number of benzene rings is 1. The van der Waals surface area contributed by atoms with E-state index in [0.717, 1.165) is 12.0 Å². The first-order valence-electron chi connectivity index (χ1n) is 9.72. The number of ether oxygens (including phenoxy) is 1. The van der Waals surface area contributed by atoms with Crippen LogP contribution in [0.3, 0.4) is 0 Å². The Morgan fingerprint density at radius 1 is 1.38 bits per heavy atom. The molecule has 0 saturated carbocycles. The molecule has 0 aliphatic carbocycles. The highest BCUT2D eigenvalue weighted by Gasteiger charge is 2.29. The van der Waals surface area contributed by atoms with Crippen molar-refractivity contribution < 1.29 is 14.1 Å². The second kappa shape index (κ2) is 8.02. The number of nitrogens with zero attached hydrogens (tertiary/aromatic N) is 6. The van der Waals surface area contributed by atoms with Crippen LogP contribution in [-0.4, -0.2) is 55.6 Å². The van der Waals surface area contributed by atoms with Gasteiger partial charge in [0.15, 0.2) is 18.1 Å². The van der Waals surface area contributed by atoms with Gasteiger partial charge in [-0.3, -0.25) is 4.79 Å². The smallest absolute Gasteiger partial charge is 0.280 e. The Hall–Kier alpha value is -3.23. The summed E-state index contributed by atoms with van der Waals surface area (Å²) in [4.78, 5) is 18.6. The molecule has 3 heterocycles. The molecule has 2 aromatic heterocycles. The van der Waals surface area contributed by atoms with E-state index in [1.165, 1.54) is 0 Å². The number of aromatic nitrogens is 5. The zero-order valence-electron chi connectivity index (χ0n) is 16.8. The molecule has 1 aromatic carbocycles. The van der Waals surface area contributed by atoms with Gasteiger partial charge in [0.05, 0.1) is 12.2 Å². The van der Waals surface area contributed by atoms with E-state index in [1.54, 1.807) is 15.8 Å². The van der Waals surface area contributed by atoms with Gasteiger partial charge in [-0.1, -0.05) is 36.4 Å². The summed E-state index contributed by atoms with van der Waals surface area (Å²) in [5.74, 6) is 1.85. The SMILES string of the molecule is Cc1cccc(OCC(=O)N2CCC(n3cc(-c4nc(C(C)C)no4)nn3)C2)c1. The fourth-order valence-electron chi connectivity index (χ4n) is 3.25. The number of likely N-dealkylation sites (tertiary alicyclic amines) is 1.